The molecule has 2 amide bonds. The first-order valence-corrected chi connectivity index (χ1v) is 9.45. The van der Waals surface area contributed by atoms with Gasteiger partial charge < -0.3 is 19.6 Å². The molecule has 0 radical (unpaired) electrons. The molecule has 0 aliphatic heterocycles. The van der Waals surface area contributed by atoms with Crippen LogP contribution in [0.15, 0.2) is 76.1 Å². The van der Waals surface area contributed by atoms with Gasteiger partial charge in [-0.15, -0.1) is 0 Å². The lowest BCUT2D eigenvalue weighted by molar-refractivity contribution is 0.201. The minimum Gasteiger partial charge on any atom is -0.467 e. The van der Waals surface area contributed by atoms with E-state index in [0.717, 1.165) is 16.5 Å². The zero-order valence-corrected chi connectivity index (χ0v) is 16.3. The summed E-state index contributed by atoms with van der Waals surface area (Å²) in [6.45, 7) is 2.10. The van der Waals surface area contributed by atoms with Crippen molar-refractivity contribution in [2.45, 2.75) is 20.0 Å². The topological polar surface area (TPSA) is 78.3 Å². The third-order valence-electron chi connectivity index (χ3n) is 4.77. The second kappa shape index (κ2) is 8.24. The molecule has 30 heavy (non-hydrogen) atoms. The second-order valence-corrected chi connectivity index (χ2v) is 7.06. The third kappa shape index (κ3) is 4.25. The predicted molar refractivity (Wildman–Crippen MR) is 113 cm³/mol. The number of carbonyl (C=O) groups is 1. The average Bonchev–Trinajstić information content (AvgIpc) is 3.23. The number of para-hydroxylation sites is 1. The van der Waals surface area contributed by atoms with Crippen LogP contribution in [-0.4, -0.2) is 15.9 Å². The van der Waals surface area contributed by atoms with Gasteiger partial charge in [-0.3, -0.25) is 4.79 Å². The normalized spacial score (nSPS) is 10.9. The summed E-state index contributed by atoms with van der Waals surface area (Å²) in [6, 6.07) is 16.4. The quantitative estimate of drug-likeness (QED) is 0.500. The maximum absolute atomic E-state index is 14.0. The van der Waals surface area contributed by atoms with Crippen LogP contribution in [0.2, 0.25) is 0 Å². The monoisotopic (exact) mass is 405 g/mol. The predicted octanol–water partition coefficient (Wildman–Crippen LogP) is 4.80. The van der Waals surface area contributed by atoms with Crippen LogP contribution < -0.4 is 10.9 Å². The molecule has 0 aliphatic carbocycles. The van der Waals surface area contributed by atoms with E-state index in [1.54, 1.807) is 30.3 Å². The van der Waals surface area contributed by atoms with Crippen molar-refractivity contribution >= 4 is 22.6 Å². The lowest BCUT2D eigenvalue weighted by Gasteiger charge is -2.22. The lowest BCUT2D eigenvalue weighted by atomic mass is 10.1. The number of nitrogens with one attached hydrogen (secondary N) is 2. The van der Waals surface area contributed by atoms with Crippen molar-refractivity contribution in [1.29, 1.82) is 0 Å². The Morgan fingerprint density at radius 1 is 1.10 bits per heavy atom. The van der Waals surface area contributed by atoms with E-state index in [-0.39, 0.29) is 24.3 Å². The summed E-state index contributed by atoms with van der Waals surface area (Å²) >= 11 is 0. The van der Waals surface area contributed by atoms with Crippen molar-refractivity contribution in [3.05, 3.63) is 100.0 Å². The van der Waals surface area contributed by atoms with Crippen LogP contribution in [0.5, 0.6) is 0 Å². The number of aromatic nitrogens is 1. The number of halogens is 1. The van der Waals surface area contributed by atoms with Crippen molar-refractivity contribution in [2.75, 3.05) is 5.32 Å². The van der Waals surface area contributed by atoms with Gasteiger partial charge in [0.1, 0.15) is 11.6 Å². The lowest BCUT2D eigenvalue weighted by Crippen LogP contribution is -2.35. The number of anilines is 1. The number of aromatic amines is 1. The maximum Gasteiger partial charge on any atom is 0.322 e. The van der Waals surface area contributed by atoms with Crippen LogP contribution in [-0.2, 0) is 13.1 Å². The molecule has 2 N–H and O–H groups in total. The summed E-state index contributed by atoms with van der Waals surface area (Å²) in [5.41, 5.74) is 1.97. The smallest absolute Gasteiger partial charge is 0.322 e. The summed E-state index contributed by atoms with van der Waals surface area (Å²) in [5, 5.41) is 3.43. The number of amides is 2. The number of rotatable bonds is 5. The highest BCUT2D eigenvalue weighted by atomic mass is 19.1. The maximum atomic E-state index is 14.0. The van der Waals surface area contributed by atoms with E-state index in [2.05, 4.69) is 10.3 Å². The Kier molecular flexibility index (Phi) is 5.34. The molecule has 0 bridgehead atoms. The van der Waals surface area contributed by atoms with Crippen molar-refractivity contribution in [3.8, 4) is 0 Å². The molecular weight excluding hydrogens is 385 g/mol. The number of H-pyrrole nitrogens is 1. The molecule has 0 atom stereocenters. The third-order valence-corrected chi connectivity index (χ3v) is 4.77. The number of aryl methyl sites for hydroxylation is 1. The summed E-state index contributed by atoms with van der Waals surface area (Å²) in [7, 11) is 0. The Morgan fingerprint density at radius 2 is 1.93 bits per heavy atom. The molecule has 2 heterocycles. The standard InChI is InChI=1S/C23H20FN3O3/c1-15-8-9-16-12-17(22(28)25-21(16)11-15)13-27(14-18-5-4-10-30-18)23(29)26-20-7-3-2-6-19(20)24/h2-12H,13-14H2,1H3,(H,25,28)(H,26,29). The fourth-order valence-electron chi connectivity index (χ4n) is 3.23. The average molecular weight is 405 g/mol. The molecule has 152 valence electrons. The van der Waals surface area contributed by atoms with Crippen LogP contribution in [0.3, 0.4) is 0 Å². The molecule has 4 aromatic rings. The van der Waals surface area contributed by atoms with Crippen LogP contribution >= 0.6 is 0 Å². The Bertz CT molecular complexity index is 1250. The van der Waals surface area contributed by atoms with Gasteiger partial charge in [-0.2, -0.15) is 0 Å². The van der Waals surface area contributed by atoms with Gasteiger partial charge in [-0.05, 0) is 54.3 Å². The Balaban J connectivity index is 1.64. The van der Waals surface area contributed by atoms with Gasteiger partial charge in [0, 0.05) is 11.1 Å². The molecule has 0 saturated carbocycles. The number of pyridine rings is 1. The van der Waals surface area contributed by atoms with Gasteiger partial charge in [0.15, 0.2) is 0 Å². The molecule has 6 nitrogen and oxygen atoms in total. The largest absolute Gasteiger partial charge is 0.467 e. The first kappa shape index (κ1) is 19.4. The molecule has 0 saturated heterocycles. The molecule has 4 rings (SSSR count). The Hall–Kier alpha value is -3.87. The van der Waals surface area contributed by atoms with E-state index >= 15 is 0 Å². The zero-order valence-electron chi connectivity index (χ0n) is 16.3. The van der Waals surface area contributed by atoms with Crippen molar-refractivity contribution in [2.24, 2.45) is 0 Å². The molecule has 0 fully saturated rings. The van der Waals surface area contributed by atoms with E-state index < -0.39 is 11.8 Å². The van der Waals surface area contributed by atoms with E-state index in [1.807, 2.05) is 25.1 Å². The Labute approximate surface area is 171 Å². The summed E-state index contributed by atoms with van der Waals surface area (Å²) in [4.78, 5) is 29.8. The van der Waals surface area contributed by atoms with Gasteiger partial charge in [-0.25, -0.2) is 9.18 Å². The molecular formula is C23H20FN3O3. The number of nitrogens with zero attached hydrogens (tertiary/aromatic N) is 1. The highest BCUT2D eigenvalue weighted by molar-refractivity contribution is 5.89. The molecule has 0 spiro atoms. The van der Waals surface area contributed by atoms with Crippen molar-refractivity contribution in [3.63, 3.8) is 0 Å². The number of furan rings is 1. The summed E-state index contributed by atoms with van der Waals surface area (Å²) in [6.07, 6.45) is 1.51. The highest BCUT2D eigenvalue weighted by Gasteiger charge is 2.19. The SMILES string of the molecule is Cc1ccc2cc(CN(Cc3ccco3)C(=O)Nc3ccccc3F)c(=O)[nH]c2c1. The molecule has 0 aliphatic rings. The van der Waals surface area contributed by atoms with Crippen LogP contribution in [0.25, 0.3) is 10.9 Å². The van der Waals surface area contributed by atoms with Crippen molar-refractivity contribution in [1.82, 2.24) is 9.88 Å². The fourth-order valence-corrected chi connectivity index (χ4v) is 3.23. The number of urea groups is 1. The van der Waals surface area contributed by atoms with Gasteiger partial charge in [0.05, 0.1) is 25.0 Å². The van der Waals surface area contributed by atoms with Gasteiger partial charge in [0.2, 0.25) is 0 Å². The van der Waals surface area contributed by atoms with Crippen LogP contribution in [0.4, 0.5) is 14.9 Å². The summed E-state index contributed by atoms with van der Waals surface area (Å²) < 4.78 is 19.3. The first-order chi connectivity index (χ1) is 14.5. The van der Waals surface area contributed by atoms with Gasteiger partial charge in [-0.1, -0.05) is 24.3 Å². The van der Waals surface area contributed by atoms with Gasteiger partial charge >= 0.3 is 6.03 Å². The van der Waals surface area contributed by atoms with Crippen LogP contribution in [0, 0.1) is 12.7 Å². The molecule has 0 unspecified atom stereocenters. The number of hydrogen-bond donors (Lipinski definition) is 2. The zero-order chi connectivity index (χ0) is 21.1. The minimum absolute atomic E-state index is 0.0279. The minimum atomic E-state index is -0.542. The molecule has 7 heteroatoms. The van der Waals surface area contributed by atoms with E-state index in [9.17, 15) is 14.0 Å². The highest BCUT2D eigenvalue weighted by Crippen LogP contribution is 2.18. The van der Waals surface area contributed by atoms with Crippen LogP contribution in [0.1, 0.15) is 16.9 Å². The first-order valence-electron chi connectivity index (χ1n) is 9.45. The van der Waals surface area contributed by atoms with E-state index in [4.69, 9.17) is 4.42 Å². The van der Waals surface area contributed by atoms with Crippen molar-refractivity contribution < 1.29 is 13.6 Å². The van der Waals surface area contributed by atoms with Gasteiger partial charge in [0.25, 0.3) is 5.56 Å². The van der Waals surface area contributed by atoms with E-state index in [1.165, 1.54) is 23.3 Å². The molecule has 2 aromatic heterocycles. The summed E-state index contributed by atoms with van der Waals surface area (Å²) in [5.74, 6) is 0.00856. The second-order valence-electron chi connectivity index (χ2n) is 7.06. The number of fused-ring (bicyclic) bond motifs is 1. The number of benzene rings is 2. The molecule has 2 aromatic carbocycles. The Morgan fingerprint density at radius 3 is 2.70 bits per heavy atom. The number of carbonyl (C=O) groups excluding carboxylic acids is 1. The number of hydrogen-bond acceptors (Lipinski definition) is 3. The van der Waals surface area contributed by atoms with E-state index in [0.29, 0.717) is 11.3 Å². The fraction of sp³-hybridized carbons (Fsp3) is 0.130.